The maximum absolute atomic E-state index is 13.4. The number of nitrogens with zero attached hydrogens (tertiary/aromatic N) is 1. The third-order valence-corrected chi connectivity index (χ3v) is 5.81. The van der Waals surface area contributed by atoms with Crippen molar-refractivity contribution in [3.8, 4) is 0 Å². The van der Waals surface area contributed by atoms with Gasteiger partial charge < -0.3 is 10.0 Å². The van der Waals surface area contributed by atoms with E-state index in [1.54, 1.807) is 24.3 Å². The van der Waals surface area contributed by atoms with Gasteiger partial charge in [-0.25, -0.2) is 0 Å². The first-order valence-corrected chi connectivity index (χ1v) is 10.4. The Bertz CT molecular complexity index is 1170. The third kappa shape index (κ3) is 4.18. The Labute approximate surface area is 186 Å². The van der Waals surface area contributed by atoms with E-state index >= 15 is 0 Å². The molecule has 1 atom stereocenters. The van der Waals surface area contributed by atoms with E-state index in [1.807, 2.05) is 61.5 Å². The Hall–Kier alpha value is -3.21. The minimum atomic E-state index is -1.96. The first-order valence-electron chi connectivity index (χ1n) is 10.0. The lowest BCUT2D eigenvalue weighted by atomic mass is 9.89. The summed E-state index contributed by atoms with van der Waals surface area (Å²) in [5.74, 6) is -0.863. The summed E-state index contributed by atoms with van der Waals surface area (Å²) in [5.41, 5.74) is 1.85. The molecule has 156 valence electrons. The van der Waals surface area contributed by atoms with Crippen molar-refractivity contribution in [2.75, 3.05) is 4.90 Å². The summed E-state index contributed by atoms with van der Waals surface area (Å²) in [7, 11) is 0. The van der Waals surface area contributed by atoms with Gasteiger partial charge in [0.1, 0.15) is 0 Å². The standard InChI is InChI=1S/C26H22ClNO3/c1-18-7-5-6-10-20(18)17-28-24-14-12-21(27)15-23(24)26(31,25(28)30)16-22(29)13-11-19-8-3-2-4-9-19/h2-15,31H,16-17H2,1H3/b13-11+/t26-/m0/s1. The van der Waals surface area contributed by atoms with Crippen molar-refractivity contribution in [3.05, 3.63) is 106 Å². The predicted octanol–water partition coefficient (Wildman–Crippen LogP) is 5.06. The van der Waals surface area contributed by atoms with Crippen LogP contribution in [0.2, 0.25) is 5.02 Å². The molecule has 0 fully saturated rings. The summed E-state index contributed by atoms with van der Waals surface area (Å²) < 4.78 is 0. The average molecular weight is 432 g/mol. The molecule has 0 bridgehead atoms. The molecule has 1 amide bonds. The highest BCUT2D eigenvalue weighted by molar-refractivity contribution is 6.31. The molecule has 3 aromatic rings. The Kier molecular flexibility index (Phi) is 5.77. The number of aliphatic hydroxyl groups is 1. The van der Waals surface area contributed by atoms with Gasteiger partial charge in [0.25, 0.3) is 5.91 Å². The smallest absolute Gasteiger partial charge is 0.264 e. The molecule has 5 heteroatoms. The van der Waals surface area contributed by atoms with Gasteiger partial charge in [-0.05, 0) is 47.9 Å². The van der Waals surface area contributed by atoms with Crippen molar-refractivity contribution in [2.24, 2.45) is 0 Å². The van der Waals surface area contributed by atoms with Crippen LogP contribution in [0, 0.1) is 6.92 Å². The van der Waals surface area contributed by atoms with Crippen molar-refractivity contribution in [1.29, 1.82) is 0 Å². The zero-order valence-electron chi connectivity index (χ0n) is 17.1. The summed E-state index contributed by atoms with van der Waals surface area (Å²) in [6, 6.07) is 22.1. The Morgan fingerprint density at radius 3 is 2.52 bits per heavy atom. The minimum Gasteiger partial charge on any atom is -0.375 e. The molecular formula is C26H22ClNO3. The molecule has 1 aliphatic heterocycles. The second-order valence-electron chi connectivity index (χ2n) is 7.73. The fourth-order valence-electron chi connectivity index (χ4n) is 3.87. The van der Waals surface area contributed by atoms with E-state index in [4.69, 9.17) is 11.6 Å². The summed E-state index contributed by atoms with van der Waals surface area (Å²) in [5, 5.41) is 11.8. The molecule has 1 N–H and O–H groups in total. The number of ketones is 1. The fourth-order valence-corrected chi connectivity index (χ4v) is 4.04. The van der Waals surface area contributed by atoms with E-state index < -0.39 is 11.5 Å². The molecule has 1 heterocycles. The number of fused-ring (bicyclic) bond motifs is 1. The van der Waals surface area contributed by atoms with Crippen LogP contribution >= 0.6 is 11.6 Å². The molecule has 0 radical (unpaired) electrons. The number of carbonyl (C=O) groups is 2. The van der Waals surface area contributed by atoms with Crippen LogP contribution in [0.25, 0.3) is 6.08 Å². The van der Waals surface area contributed by atoms with Gasteiger partial charge in [-0.1, -0.05) is 72.3 Å². The molecule has 0 saturated carbocycles. The lowest BCUT2D eigenvalue weighted by Crippen LogP contribution is -2.41. The van der Waals surface area contributed by atoms with Gasteiger partial charge in [0.2, 0.25) is 0 Å². The molecule has 1 aliphatic rings. The van der Waals surface area contributed by atoms with Crippen LogP contribution in [0.4, 0.5) is 5.69 Å². The summed E-state index contributed by atoms with van der Waals surface area (Å²) in [6.45, 7) is 2.28. The van der Waals surface area contributed by atoms with Crippen LogP contribution in [-0.2, 0) is 21.7 Å². The van der Waals surface area contributed by atoms with Crippen LogP contribution in [0.15, 0.2) is 78.9 Å². The van der Waals surface area contributed by atoms with Gasteiger partial charge in [0, 0.05) is 10.6 Å². The maximum Gasteiger partial charge on any atom is 0.264 e. The minimum absolute atomic E-state index is 0.302. The Balaban J connectivity index is 1.65. The highest BCUT2D eigenvalue weighted by atomic mass is 35.5. The Morgan fingerprint density at radius 1 is 1.06 bits per heavy atom. The van der Waals surface area contributed by atoms with Gasteiger partial charge in [-0.2, -0.15) is 0 Å². The molecule has 4 nitrogen and oxygen atoms in total. The van der Waals surface area contributed by atoms with Gasteiger partial charge in [-0.15, -0.1) is 0 Å². The normalized spacial score (nSPS) is 17.9. The topological polar surface area (TPSA) is 57.6 Å². The SMILES string of the molecule is Cc1ccccc1CN1C(=O)[C@](O)(CC(=O)/C=C/c2ccccc2)c2cc(Cl)ccc21. The maximum atomic E-state index is 13.4. The molecule has 0 saturated heterocycles. The van der Waals surface area contributed by atoms with Crippen LogP contribution in [0.1, 0.15) is 28.7 Å². The zero-order valence-corrected chi connectivity index (χ0v) is 17.8. The molecule has 0 aromatic heterocycles. The molecule has 3 aromatic carbocycles. The number of rotatable bonds is 6. The highest BCUT2D eigenvalue weighted by Gasteiger charge is 2.50. The van der Waals surface area contributed by atoms with Gasteiger partial charge in [-0.3, -0.25) is 9.59 Å². The summed E-state index contributed by atoms with van der Waals surface area (Å²) in [6.07, 6.45) is 2.72. The van der Waals surface area contributed by atoms with Crippen LogP contribution in [0.3, 0.4) is 0 Å². The average Bonchev–Trinajstić information content (AvgIpc) is 2.96. The largest absolute Gasteiger partial charge is 0.375 e. The first-order chi connectivity index (χ1) is 14.9. The quantitative estimate of drug-likeness (QED) is 0.555. The van der Waals surface area contributed by atoms with Crippen molar-refractivity contribution < 1.29 is 14.7 Å². The van der Waals surface area contributed by atoms with E-state index in [2.05, 4.69) is 0 Å². The number of allylic oxidation sites excluding steroid dienone is 1. The van der Waals surface area contributed by atoms with E-state index in [-0.39, 0.29) is 12.2 Å². The number of halogens is 1. The Morgan fingerprint density at radius 2 is 1.77 bits per heavy atom. The monoisotopic (exact) mass is 431 g/mol. The molecule has 0 aliphatic carbocycles. The van der Waals surface area contributed by atoms with Crippen LogP contribution in [-0.4, -0.2) is 16.8 Å². The summed E-state index contributed by atoms with van der Waals surface area (Å²) >= 11 is 6.17. The summed E-state index contributed by atoms with van der Waals surface area (Å²) in [4.78, 5) is 27.6. The van der Waals surface area contributed by atoms with Crippen molar-refractivity contribution in [1.82, 2.24) is 0 Å². The van der Waals surface area contributed by atoms with Gasteiger partial charge >= 0.3 is 0 Å². The lowest BCUT2D eigenvalue weighted by Gasteiger charge is -2.23. The van der Waals surface area contributed by atoms with Gasteiger partial charge in [0.05, 0.1) is 18.7 Å². The van der Waals surface area contributed by atoms with Crippen LogP contribution < -0.4 is 4.90 Å². The second kappa shape index (κ2) is 8.50. The fraction of sp³-hybridized carbons (Fsp3) is 0.154. The lowest BCUT2D eigenvalue weighted by molar-refractivity contribution is -0.140. The number of carbonyl (C=O) groups excluding carboxylic acids is 2. The van der Waals surface area contributed by atoms with E-state index in [9.17, 15) is 14.7 Å². The second-order valence-corrected chi connectivity index (χ2v) is 8.16. The number of hydrogen-bond donors (Lipinski definition) is 1. The molecule has 0 spiro atoms. The number of aryl methyl sites for hydroxylation is 1. The van der Waals surface area contributed by atoms with E-state index in [0.29, 0.717) is 22.8 Å². The zero-order chi connectivity index (χ0) is 22.0. The molecule has 31 heavy (non-hydrogen) atoms. The van der Waals surface area contributed by atoms with Crippen LogP contribution in [0.5, 0.6) is 0 Å². The van der Waals surface area contributed by atoms with Crippen molar-refractivity contribution in [3.63, 3.8) is 0 Å². The number of anilines is 1. The molecule has 0 unspecified atom stereocenters. The van der Waals surface area contributed by atoms with Crippen molar-refractivity contribution >= 4 is 35.1 Å². The highest BCUT2D eigenvalue weighted by Crippen LogP contribution is 2.44. The number of amides is 1. The third-order valence-electron chi connectivity index (χ3n) is 5.57. The predicted molar refractivity (Wildman–Crippen MR) is 123 cm³/mol. The number of hydrogen-bond acceptors (Lipinski definition) is 3. The van der Waals surface area contributed by atoms with Gasteiger partial charge in [0.15, 0.2) is 11.4 Å². The van der Waals surface area contributed by atoms with E-state index in [0.717, 1.165) is 16.7 Å². The number of benzene rings is 3. The van der Waals surface area contributed by atoms with E-state index in [1.165, 1.54) is 11.0 Å². The molecular weight excluding hydrogens is 410 g/mol. The first kappa shape index (κ1) is 21.0. The molecule has 4 rings (SSSR count). The van der Waals surface area contributed by atoms with Crippen molar-refractivity contribution in [2.45, 2.75) is 25.5 Å².